The van der Waals surface area contributed by atoms with E-state index in [9.17, 15) is 9.59 Å². The third-order valence-electron chi connectivity index (χ3n) is 2.83. The first-order valence-corrected chi connectivity index (χ1v) is 6.66. The topological polar surface area (TPSA) is 100 Å². The highest BCUT2D eigenvalue weighted by atomic mass is 16.5. The van der Waals surface area contributed by atoms with Crippen molar-refractivity contribution in [3.63, 3.8) is 0 Å². The number of ether oxygens (including phenoxy) is 1. The van der Waals surface area contributed by atoms with Gasteiger partial charge in [-0.05, 0) is 54.1 Å². The molecule has 3 N–H and O–H groups in total. The Morgan fingerprint density at radius 3 is 2.30 bits per heavy atom. The van der Waals surface area contributed by atoms with Crippen LogP contribution in [0, 0.1) is 0 Å². The van der Waals surface area contributed by atoms with E-state index in [1.165, 1.54) is 25.5 Å². The number of nitrogens with one attached hydrogen (secondary N) is 2. The molecule has 0 bridgehead atoms. The molecule has 2 aromatic carbocycles. The molecule has 0 saturated carbocycles. The number of hydrogen-bond acceptors (Lipinski definition) is 5. The maximum Gasteiger partial charge on any atom is 0.329 e. The van der Waals surface area contributed by atoms with E-state index in [2.05, 4.69) is 15.8 Å². The monoisotopic (exact) mass is 313 g/mol. The molecule has 0 radical (unpaired) electrons. The normalized spacial score (nSPS) is 10.3. The zero-order valence-corrected chi connectivity index (χ0v) is 12.3. The molecule has 7 nitrogen and oxygen atoms in total. The van der Waals surface area contributed by atoms with Crippen LogP contribution < -0.4 is 15.5 Å². The standard InChI is InChI=1S/C16H15N3O4/c1-23-14-8-4-12(5-9-14)18-15(21)16(22)19-17-10-11-2-6-13(20)7-3-11/h2-10,20H,1H3,(H,18,21)(H,19,22)/b17-10+. The van der Waals surface area contributed by atoms with E-state index in [1.807, 2.05) is 0 Å². The second-order valence-corrected chi connectivity index (χ2v) is 4.47. The van der Waals surface area contributed by atoms with Crippen molar-refractivity contribution in [2.45, 2.75) is 0 Å². The van der Waals surface area contributed by atoms with Crippen molar-refractivity contribution < 1.29 is 19.4 Å². The number of amides is 2. The highest BCUT2D eigenvalue weighted by molar-refractivity contribution is 6.39. The maximum atomic E-state index is 11.7. The zero-order valence-electron chi connectivity index (χ0n) is 12.3. The number of carbonyl (C=O) groups is 2. The number of hydrogen-bond donors (Lipinski definition) is 3. The van der Waals surface area contributed by atoms with Crippen LogP contribution >= 0.6 is 0 Å². The first-order valence-electron chi connectivity index (χ1n) is 6.66. The number of carbonyl (C=O) groups excluding carboxylic acids is 2. The van der Waals surface area contributed by atoms with Gasteiger partial charge in [0.15, 0.2) is 0 Å². The van der Waals surface area contributed by atoms with Crippen molar-refractivity contribution >= 4 is 23.7 Å². The van der Waals surface area contributed by atoms with Crippen molar-refractivity contribution in [3.05, 3.63) is 54.1 Å². The molecule has 0 aliphatic carbocycles. The van der Waals surface area contributed by atoms with Gasteiger partial charge in [-0.25, -0.2) is 5.43 Å². The molecule has 0 spiro atoms. The Bertz CT molecular complexity index is 709. The van der Waals surface area contributed by atoms with Gasteiger partial charge in [-0.2, -0.15) is 5.10 Å². The lowest BCUT2D eigenvalue weighted by Gasteiger charge is -2.05. The van der Waals surface area contributed by atoms with Crippen LogP contribution in [0.1, 0.15) is 5.56 Å². The lowest BCUT2D eigenvalue weighted by Crippen LogP contribution is -2.32. The Morgan fingerprint density at radius 1 is 1.04 bits per heavy atom. The van der Waals surface area contributed by atoms with Crippen molar-refractivity contribution in [1.29, 1.82) is 0 Å². The summed E-state index contributed by atoms with van der Waals surface area (Å²) in [5.41, 5.74) is 3.25. The minimum absolute atomic E-state index is 0.130. The number of methoxy groups -OCH3 is 1. The number of rotatable bonds is 4. The van der Waals surface area contributed by atoms with Gasteiger partial charge in [-0.15, -0.1) is 0 Å². The molecule has 0 atom stereocenters. The Labute approximate surface area is 132 Å². The number of benzene rings is 2. The van der Waals surface area contributed by atoms with E-state index >= 15 is 0 Å². The third kappa shape index (κ3) is 4.85. The van der Waals surface area contributed by atoms with E-state index in [0.29, 0.717) is 17.0 Å². The van der Waals surface area contributed by atoms with Crippen LogP contribution in [-0.4, -0.2) is 30.2 Å². The van der Waals surface area contributed by atoms with Gasteiger partial charge >= 0.3 is 11.8 Å². The van der Waals surface area contributed by atoms with E-state index < -0.39 is 11.8 Å². The van der Waals surface area contributed by atoms with Gasteiger partial charge in [0.2, 0.25) is 0 Å². The summed E-state index contributed by atoms with van der Waals surface area (Å²) < 4.78 is 5.00. The smallest absolute Gasteiger partial charge is 0.329 e. The lowest BCUT2D eigenvalue weighted by atomic mass is 10.2. The molecule has 0 unspecified atom stereocenters. The molecule has 0 aromatic heterocycles. The SMILES string of the molecule is COc1ccc(NC(=O)C(=O)N/N=C/c2ccc(O)cc2)cc1. The molecule has 0 saturated heterocycles. The molecule has 2 amide bonds. The minimum atomic E-state index is -0.893. The van der Waals surface area contributed by atoms with Crippen molar-refractivity contribution in [2.75, 3.05) is 12.4 Å². The van der Waals surface area contributed by atoms with E-state index in [0.717, 1.165) is 0 Å². The van der Waals surface area contributed by atoms with Crippen molar-refractivity contribution in [2.24, 2.45) is 5.10 Å². The van der Waals surface area contributed by atoms with Crippen LogP contribution in [0.15, 0.2) is 53.6 Å². The fourth-order valence-electron chi connectivity index (χ4n) is 1.64. The minimum Gasteiger partial charge on any atom is -0.508 e. The second-order valence-electron chi connectivity index (χ2n) is 4.47. The van der Waals surface area contributed by atoms with Crippen molar-refractivity contribution in [1.82, 2.24) is 5.43 Å². The number of phenols is 1. The summed E-state index contributed by atoms with van der Waals surface area (Å²) in [6.07, 6.45) is 1.36. The average Bonchev–Trinajstić information content (AvgIpc) is 2.57. The molecule has 2 aromatic rings. The van der Waals surface area contributed by atoms with Crippen LogP contribution in [-0.2, 0) is 9.59 Å². The Kier molecular flexibility index (Phi) is 5.30. The van der Waals surface area contributed by atoms with Crippen LogP contribution in [0.25, 0.3) is 0 Å². The van der Waals surface area contributed by atoms with Crippen LogP contribution in [0.2, 0.25) is 0 Å². The lowest BCUT2D eigenvalue weighted by molar-refractivity contribution is -0.136. The molecule has 0 aliphatic rings. The predicted octanol–water partition coefficient (Wildman–Crippen LogP) is 1.49. The van der Waals surface area contributed by atoms with Crippen LogP contribution in [0.5, 0.6) is 11.5 Å². The summed E-state index contributed by atoms with van der Waals surface area (Å²) >= 11 is 0. The number of nitrogens with zero attached hydrogens (tertiary/aromatic N) is 1. The first kappa shape index (κ1) is 16.0. The number of hydrazone groups is 1. The van der Waals surface area contributed by atoms with Gasteiger partial charge < -0.3 is 15.2 Å². The largest absolute Gasteiger partial charge is 0.508 e. The Hall–Kier alpha value is -3.35. The molecule has 2 rings (SSSR count). The summed E-state index contributed by atoms with van der Waals surface area (Å²) in [7, 11) is 1.53. The quantitative estimate of drug-likeness (QED) is 0.452. The third-order valence-corrected chi connectivity index (χ3v) is 2.83. The number of anilines is 1. The van der Waals surface area contributed by atoms with Crippen LogP contribution in [0.3, 0.4) is 0 Å². The summed E-state index contributed by atoms with van der Waals surface area (Å²) in [4.78, 5) is 23.3. The molecular formula is C16H15N3O4. The van der Waals surface area contributed by atoms with E-state index in [-0.39, 0.29) is 5.75 Å². The van der Waals surface area contributed by atoms with Crippen LogP contribution in [0.4, 0.5) is 5.69 Å². The van der Waals surface area contributed by atoms with E-state index in [4.69, 9.17) is 9.84 Å². The fourth-order valence-corrected chi connectivity index (χ4v) is 1.64. The zero-order chi connectivity index (χ0) is 16.7. The van der Waals surface area contributed by atoms with Gasteiger partial charge in [-0.3, -0.25) is 9.59 Å². The van der Waals surface area contributed by atoms with Gasteiger partial charge in [-0.1, -0.05) is 0 Å². The molecule has 118 valence electrons. The predicted molar refractivity (Wildman–Crippen MR) is 85.5 cm³/mol. The first-order chi connectivity index (χ1) is 11.1. The molecule has 23 heavy (non-hydrogen) atoms. The Balaban J connectivity index is 1.86. The number of phenolic OH excluding ortho intramolecular Hbond substituents is 1. The molecular weight excluding hydrogens is 298 g/mol. The average molecular weight is 313 g/mol. The maximum absolute atomic E-state index is 11.7. The van der Waals surface area contributed by atoms with Gasteiger partial charge in [0.1, 0.15) is 11.5 Å². The molecule has 0 heterocycles. The molecule has 7 heteroatoms. The van der Waals surface area contributed by atoms with Gasteiger partial charge in [0.25, 0.3) is 0 Å². The van der Waals surface area contributed by atoms with Crippen molar-refractivity contribution in [3.8, 4) is 11.5 Å². The second kappa shape index (κ2) is 7.60. The molecule has 0 fully saturated rings. The summed E-state index contributed by atoms with van der Waals surface area (Å²) in [6.45, 7) is 0. The number of aromatic hydroxyl groups is 1. The van der Waals surface area contributed by atoms with Gasteiger partial charge in [0, 0.05) is 5.69 Å². The Morgan fingerprint density at radius 2 is 1.70 bits per heavy atom. The summed E-state index contributed by atoms with van der Waals surface area (Å²) in [6, 6.07) is 12.8. The van der Waals surface area contributed by atoms with E-state index in [1.54, 1.807) is 36.4 Å². The van der Waals surface area contributed by atoms with Gasteiger partial charge in [0.05, 0.1) is 13.3 Å². The summed E-state index contributed by atoms with van der Waals surface area (Å²) in [5, 5.41) is 15.3. The summed E-state index contributed by atoms with van der Waals surface area (Å²) in [5.74, 6) is -0.954. The highest BCUT2D eigenvalue weighted by Gasteiger charge is 2.12. The highest BCUT2D eigenvalue weighted by Crippen LogP contribution is 2.14. The fraction of sp³-hybridized carbons (Fsp3) is 0.0625. The molecule has 0 aliphatic heterocycles.